The Hall–Kier alpha value is -1.55. The van der Waals surface area contributed by atoms with E-state index in [-0.39, 0.29) is 19.9 Å². The highest BCUT2D eigenvalue weighted by molar-refractivity contribution is 5.77. The summed E-state index contributed by atoms with van der Waals surface area (Å²) in [6, 6.07) is 7.73. The standard InChI is InChI=1S/C13H18N2O2.C2H6.CH4/c1-11-2-4-12(5-3-11)17-10-13(16)15-8-6-14-7-9-15;1-2;/h2-5,14H,6-10H2,1H3;1-2H3;1H4. The first-order valence-corrected chi connectivity index (χ1v) is 6.94. The summed E-state index contributed by atoms with van der Waals surface area (Å²) in [5.74, 6) is 0.811. The number of carbonyl (C=O) groups excluding carboxylic acids is 1. The molecule has 1 aromatic rings. The lowest BCUT2D eigenvalue weighted by atomic mass is 10.2. The molecule has 0 aliphatic carbocycles. The molecule has 0 spiro atoms. The Morgan fingerprint density at radius 1 is 1.20 bits per heavy atom. The average Bonchev–Trinajstić information content (AvgIpc) is 2.49. The van der Waals surface area contributed by atoms with Gasteiger partial charge in [-0.25, -0.2) is 0 Å². The summed E-state index contributed by atoms with van der Waals surface area (Å²) in [7, 11) is 0. The maximum Gasteiger partial charge on any atom is 0.260 e. The summed E-state index contributed by atoms with van der Waals surface area (Å²) in [6.45, 7) is 9.44. The van der Waals surface area contributed by atoms with E-state index >= 15 is 0 Å². The molecule has 0 unspecified atom stereocenters. The van der Waals surface area contributed by atoms with Gasteiger partial charge in [0.15, 0.2) is 6.61 Å². The molecule has 1 fully saturated rings. The zero-order chi connectivity index (χ0) is 14.1. The number of hydrogen-bond acceptors (Lipinski definition) is 3. The molecule has 4 nitrogen and oxygen atoms in total. The van der Waals surface area contributed by atoms with Crippen molar-refractivity contribution < 1.29 is 9.53 Å². The van der Waals surface area contributed by atoms with Crippen molar-refractivity contribution >= 4 is 5.91 Å². The van der Waals surface area contributed by atoms with Crippen molar-refractivity contribution in [2.75, 3.05) is 32.8 Å². The van der Waals surface area contributed by atoms with Gasteiger partial charge in [0.2, 0.25) is 0 Å². The van der Waals surface area contributed by atoms with Gasteiger partial charge in [0.1, 0.15) is 5.75 Å². The van der Waals surface area contributed by atoms with E-state index < -0.39 is 0 Å². The smallest absolute Gasteiger partial charge is 0.260 e. The number of nitrogens with zero attached hydrogens (tertiary/aromatic N) is 1. The van der Waals surface area contributed by atoms with Crippen molar-refractivity contribution in [2.24, 2.45) is 0 Å². The molecule has 1 aliphatic rings. The van der Waals surface area contributed by atoms with Crippen LogP contribution in [0, 0.1) is 6.92 Å². The van der Waals surface area contributed by atoms with Crippen LogP contribution >= 0.6 is 0 Å². The minimum absolute atomic E-state index is 0. The van der Waals surface area contributed by atoms with Crippen LogP contribution in [0.3, 0.4) is 0 Å². The highest BCUT2D eigenvalue weighted by atomic mass is 16.5. The lowest BCUT2D eigenvalue weighted by molar-refractivity contribution is -0.133. The average molecular weight is 280 g/mol. The summed E-state index contributed by atoms with van der Waals surface area (Å²) >= 11 is 0. The fourth-order valence-electron chi connectivity index (χ4n) is 1.79. The molecule has 0 saturated carbocycles. The van der Waals surface area contributed by atoms with E-state index in [4.69, 9.17) is 4.74 Å². The lowest BCUT2D eigenvalue weighted by Crippen LogP contribution is -2.47. The first-order chi connectivity index (χ1) is 9.25. The molecule has 2 rings (SSSR count). The minimum atomic E-state index is 0. The normalized spacial score (nSPS) is 13.7. The third-order valence-corrected chi connectivity index (χ3v) is 2.85. The van der Waals surface area contributed by atoms with E-state index in [1.807, 2.05) is 49.9 Å². The van der Waals surface area contributed by atoms with Gasteiger partial charge < -0.3 is 15.0 Å². The van der Waals surface area contributed by atoms with Crippen LogP contribution in [-0.2, 0) is 4.79 Å². The molecule has 0 radical (unpaired) electrons. The van der Waals surface area contributed by atoms with Crippen molar-refractivity contribution in [3.63, 3.8) is 0 Å². The van der Waals surface area contributed by atoms with E-state index in [0.29, 0.717) is 0 Å². The van der Waals surface area contributed by atoms with E-state index in [9.17, 15) is 4.79 Å². The topological polar surface area (TPSA) is 41.6 Å². The van der Waals surface area contributed by atoms with Crippen molar-refractivity contribution in [1.29, 1.82) is 0 Å². The highest BCUT2D eigenvalue weighted by Crippen LogP contribution is 2.11. The third-order valence-electron chi connectivity index (χ3n) is 2.85. The quantitative estimate of drug-likeness (QED) is 0.925. The molecule has 20 heavy (non-hydrogen) atoms. The molecule has 4 heteroatoms. The molecule has 1 aliphatic heterocycles. The second kappa shape index (κ2) is 10.3. The summed E-state index contributed by atoms with van der Waals surface area (Å²) in [5, 5.41) is 3.21. The van der Waals surface area contributed by atoms with Gasteiger partial charge in [-0.05, 0) is 19.1 Å². The number of benzene rings is 1. The molecule has 1 saturated heterocycles. The van der Waals surface area contributed by atoms with Gasteiger partial charge in [-0.1, -0.05) is 39.0 Å². The maximum absolute atomic E-state index is 11.8. The Bertz CT molecular complexity index is 371. The van der Waals surface area contributed by atoms with Crippen LogP contribution < -0.4 is 10.1 Å². The van der Waals surface area contributed by atoms with E-state index in [0.717, 1.165) is 31.9 Å². The summed E-state index contributed by atoms with van der Waals surface area (Å²) in [4.78, 5) is 13.6. The monoisotopic (exact) mass is 280 g/mol. The van der Waals surface area contributed by atoms with Gasteiger partial charge in [-0.15, -0.1) is 0 Å². The first kappa shape index (κ1) is 18.4. The van der Waals surface area contributed by atoms with Gasteiger partial charge in [-0.2, -0.15) is 0 Å². The Labute approximate surface area is 123 Å². The number of piperazine rings is 1. The largest absolute Gasteiger partial charge is 0.484 e. The molecule has 0 bridgehead atoms. The number of hydrogen-bond donors (Lipinski definition) is 1. The fourth-order valence-corrected chi connectivity index (χ4v) is 1.79. The number of carbonyl (C=O) groups is 1. The molecule has 114 valence electrons. The van der Waals surface area contributed by atoms with Crippen molar-refractivity contribution in [3.8, 4) is 5.75 Å². The van der Waals surface area contributed by atoms with Gasteiger partial charge >= 0.3 is 0 Å². The molecule has 1 N–H and O–H groups in total. The Kier molecular flexibility index (Phi) is 9.47. The van der Waals surface area contributed by atoms with E-state index in [2.05, 4.69) is 5.32 Å². The Balaban J connectivity index is 0.00000115. The lowest BCUT2D eigenvalue weighted by Gasteiger charge is -2.27. The Morgan fingerprint density at radius 3 is 2.30 bits per heavy atom. The zero-order valence-corrected chi connectivity index (χ0v) is 12.1. The van der Waals surface area contributed by atoms with Gasteiger partial charge in [0.25, 0.3) is 5.91 Å². The molecule has 1 amide bonds. The number of rotatable bonds is 3. The molecular formula is C16H28N2O2. The van der Waals surface area contributed by atoms with Crippen molar-refractivity contribution in [3.05, 3.63) is 29.8 Å². The molecule has 1 aromatic carbocycles. The van der Waals surface area contributed by atoms with Crippen LogP contribution in [0.5, 0.6) is 5.75 Å². The molecule has 0 aromatic heterocycles. The summed E-state index contributed by atoms with van der Waals surface area (Å²) in [5.41, 5.74) is 1.19. The fraction of sp³-hybridized carbons (Fsp3) is 0.562. The number of nitrogens with one attached hydrogen (secondary N) is 1. The van der Waals surface area contributed by atoms with Crippen LogP contribution in [0.15, 0.2) is 24.3 Å². The summed E-state index contributed by atoms with van der Waals surface area (Å²) < 4.78 is 5.46. The molecular weight excluding hydrogens is 252 g/mol. The van der Waals surface area contributed by atoms with Gasteiger partial charge in [-0.3, -0.25) is 4.79 Å². The summed E-state index contributed by atoms with van der Waals surface area (Å²) in [6.07, 6.45) is 0. The van der Waals surface area contributed by atoms with Crippen molar-refractivity contribution in [1.82, 2.24) is 10.2 Å². The minimum Gasteiger partial charge on any atom is -0.484 e. The van der Waals surface area contributed by atoms with Crippen LogP contribution in [0.1, 0.15) is 26.8 Å². The van der Waals surface area contributed by atoms with Crippen LogP contribution in [-0.4, -0.2) is 43.6 Å². The number of amides is 1. The third kappa shape index (κ3) is 6.06. The SMILES string of the molecule is C.CC.Cc1ccc(OCC(=O)N2CCNCC2)cc1. The number of ether oxygens (including phenoxy) is 1. The number of aryl methyl sites for hydroxylation is 1. The molecule has 0 atom stereocenters. The van der Waals surface area contributed by atoms with Crippen LogP contribution in [0.25, 0.3) is 0 Å². The van der Waals surface area contributed by atoms with E-state index in [1.54, 1.807) is 0 Å². The van der Waals surface area contributed by atoms with Crippen molar-refractivity contribution in [2.45, 2.75) is 28.2 Å². The van der Waals surface area contributed by atoms with Gasteiger partial charge in [0, 0.05) is 26.2 Å². The van der Waals surface area contributed by atoms with E-state index in [1.165, 1.54) is 5.56 Å². The molecule has 1 heterocycles. The van der Waals surface area contributed by atoms with Crippen LogP contribution in [0.4, 0.5) is 0 Å². The second-order valence-corrected chi connectivity index (χ2v) is 4.23. The predicted octanol–water partition coefficient (Wildman–Crippen LogP) is 2.47. The maximum atomic E-state index is 11.8. The first-order valence-electron chi connectivity index (χ1n) is 6.94. The highest BCUT2D eigenvalue weighted by Gasteiger charge is 2.16. The zero-order valence-electron chi connectivity index (χ0n) is 12.1. The van der Waals surface area contributed by atoms with Gasteiger partial charge in [0.05, 0.1) is 0 Å². The second-order valence-electron chi connectivity index (χ2n) is 4.23. The van der Waals surface area contributed by atoms with Crippen LogP contribution in [0.2, 0.25) is 0 Å². The Morgan fingerprint density at radius 2 is 1.75 bits per heavy atom. The predicted molar refractivity (Wildman–Crippen MR) is 84.2 cm³/mol.